The first-order valence-corrected chi connectivity index (χ1v) is 7.19. The lowest BCUT2D eigenvalue weighted by Crippen LogP contribution is -2.10. The molecule has 7 nitrogen and oxygen atoms in total. The zero-order chi connectivity index (χ0) is 14.1. The van der Waals surface area contributed by atoms with Gasteiger partial charge < -0.3 is 15.8 Å². The summed E-state index contributed by atoms with van der Waals surface area (Å²) >= 11 is 1.40. The number of ether oxygens (including phenoxy) is 1. The topological polar surface area (TPSA) is 95.1 Å². The lowest BCUT2D eigenvalue weighted by Gasteiger charge is -2.03. The van der Waals surface area contributed by atoms with Crippen LogP contribution < -0.4 is 11.1 Å². The Morgan fingerprint density at radius 2 is 2.45 bits per heavy atom. The molecule has 8 heteroatoms. The summed E-state index contributed by atoms with van der Waals surface area (Å²) in [5.74, 6) is 0.858. The van der Waals surface area contributed by atoms with Crippen molar-refractivity contribution >= 4 is 28.9 Å². The number of esters is 1. The molecule has 2 aromatic rings. The van der Waals surface area contributed by atoms with Crippen LogP contribution in [0.2, 0.25) is 0 Å². The van der Waals surface area contributed by atoms with Crippen LogP contribution in [0, 0.1) is 5.92 Å². The highest BCUT2D eigenvalue weighted by Crippen LogP contribution is 2.31. The van der Waals surface area contributed by atoms with Crippen molar-refractivity contribution in [1.82, 2.24) is 14.8 Å². The minimum atomic E-state index is -0.497. The lowest BCUT2D eigenvalue weighted by atomic mass is 10.3. The fourth-order valence-corrected chi connectivity index (χ4v) is 2.49. The van der Waals surface area contributed by atoms with Crippen molar-refractivity contribution in [3.05, 3.63) is 17.1 Å². The summed E-state index contributed by atoms with van der Waals surface area (Å²) in [4.78, 5) is 16.0. The van der Waals surface area contributed by atoms with Gasteiger partial charge in [0.1, 0.15) is 11.4 Å². The van der Waals surface area contributed by atoms with Gasteiger partial charge in [-0.3, -0.25) is 0 Å². The molecule has 20 heavy (non-hydrogen) atoms. The van der Waals surface area contributed by atoms with Gasteiger partial charge in [0, 0.05) is 18.1 Å². The second-order valence-corrected chi connectivity index (χ2v) is 5.52. The van der Waals surface area contributed by atoms with Crippen LogP contribution in [-0.2, 0) is 4.74 Å². The van der Waals surface area contributed by atoms with Crippen LogP contribution in [0.5, 0.6) is 0 Å². The van der Waals surface area contributed by atoms with E-state index in [9.17, 15) is 4.79 Å². The summed E-state index contributed by atoms with van der Waals surface area (Å²) in [5.41, 5.74) is 6.29. The average molecular weight is 293 g/mol. The summed E-state index contributed by atoms with van der Waals surface area (Å²) in [6.45, 7) is 0.790. The Hall–Kier alpha value is -2.09. The fourth-order valence-electron chi connectivity index (χ4n) is 1.89. The van der Waals surface area contributed by atoms with Gasteiger partial charge in [-0.05, 0) is 18.8 Å². The van der Waals surface area contributed by atoms with Crippen molar-refractivity contribution in [2.45, 2.75) is 12.8 Å². The smallest absolute Gasteiger partial charge is 0.345 e. The van der Waals surface area contributed by atoms with Crippen LogP contribution in [0.4, 0.5) is 11.6 Å². The Morgan fingerprint density at radius 1 is 1.65 bits per heavy atom. The summed E-state index contributed by atoms with van der Waals surface area (Å²) in [5, 5.41) is 9.97. The van der Waals surface area contributed by atoms with Crippen LogP contribution in [0.25, 0.3) is 5.13 Å². The van der Waals surface area contributed by atoms with Crippen molar-refractivity contribution in [2.75, 3.05) is 24.7 Å². The number of hydrogen-bond donors (Lipinski definition) is 2. The van der Waals surface area contributed by atoms with Crippen molar-refractivity contribution in [3.8, 4) is 5.13 Å². The van der Waals surface area contributed by atoms with Gasteiger partial charge in [-0.15, -0.1) is 16.4 Å². The molecule has 1 saturated carbocycles. The number of thiazole rings is 1. The van der Waals surface area contributed by atoms with E-state index in [0.29, 0.717) is 16.9 Å². The standard InChI is InChI=1S/C12H15N5O2S/c1-19-11(18)8-9(13)17(12-14-4-5-20-12)16-10(8)15-6-7-2-3-7/h4-5,7H,2-3,6,13H2,1H3,(H,15,16). The van der Waals surface area contributed by atoms with Gasteiger partial charge >= 0.3 is 5.97 Å². The van der Waals surface area contributed by atoms with Gasteiger partial charge in [0.2, 0.25) is 5.13 Å². The molecule has 1 fully saturated rings. The second kappa shape index (κ2) is 5.12. The first-order chi connectivity index (χ1) is 9.70. The van der Waals surface area contributed by atoms with E-state index in [1.54, 1.807) is 6.20 Å². The molecular formula is C12H15N5O2S. The van der Waals surface area contributed by atoms with Crippen molar-refractivity contribution in [3.63, 3.8) is 0 Å². The first kappa shape index (κ1) is 12.9. The molecule has 0 aliphatic heterocycles. The maximum Gasteiger partial charge on any atom is 0.345 e. The van der Waals surface area contributed by atoms with Crippen molar-refractivity contribution in [1.29, 1.82) is 0 Å². The molecular weight excluding hydrogens is 278 g/mol. The van der Waals surface area contributed by atoms with Gasteiger partial charge in [-0.1, -0.05) is 0 Å². The van der Waals surface area contributed by atoms with E-state index in [2.05, 4.69) is 15.4 Å². The second-order valence-electron chi connectivity index (χ2n) is 4.65. The summed E-state index contributed by atoms with van der Waals surface area (Å²) < 4.78 is 6.25. The molecule has 0 bridgehead atoms. The maximum absolute atomic E-state index is 11.9. The minimum absolute atomic E-state index is 0.241. The molecule has 0 saturated heterocycles. The Labute approximate surface area is 119 Å². The Bertz CT molecular complexity index is 618. The van der Waals surface area contributed by atoms with E-state index < -0.39 is 5.97 Å². The quantitative estimate of drug-likeness (QED) is 0.812. The van der Waals surface area contributed by atoms with Gasteiger partial charge in [-0.2, -0.15) is 4.68 Å². The van der Waals surface area contributed by atoms with Crippen LogP contribution in [-0.4, -0.2) is 34.4 Å². The number of aromatic nitrogens is 3. The molecule has 0 radical (unpaired) electrons. The van der Waals surface area contributed by atoms with E-state index in [0.717, 1.165) is 6.54 Å². The zero-order valence-electron chi connectivity index (χ0n) is 11.0. The third-order valence-electron chi connectivity index (χ3n) is 3.17. The lowest BCUT2D eigenvalue weighted by molar-refractivity contribution is 0.0603. The number of methoxy groups -OCH3 is 1. The number of rotatable bonds is 5. The van der Waals surface area contributed by atoms with E-state index in [4.69, 9.17) is 10.5 Å². The predicted molar refractivity (Wildman–Crippen MR) is 76.2 cm³/mol. The maximum atomic E-state index is 11.9. The molecule has 0 spiro atoms. The SMILES string of the molecule is COC(=O)c1c(NCC2CC2)nn(-c2nccs2)c1N. The number of nitrogens with one attached hydrogen (secondary N) is 1. The Morgan fingerprint density at radius 3 is 3.05 bits per heavy atom. The van der Waals surface area contributed by atoms with Gasteiger partial charge in [0.15, 0.2) is 5.82 Å². The number of carbonyl (C=O) groups is 1. The summed E-state index contributed by atoms with van der Waals surface area (Å²) in [6, 6.07) is 0. The molecule has 2 heterocycles. The van der Waals surface area contributed by atoms with Crippen molar-refractivity contribution in [2.24, 2.45) is 5.92 Å². The molecule has 3 N–H and O–H groups in total. The van der Waals surface area contributed by atoms with Gasteiger partial charge in [0.05, 0.1) is 7.11 Å². The highest BCUT2D eigenvalue weighted by molar-refractivity contribution is 7.12. The summed E-state index contributed by atoms with van der Waals surface area (Å²) in [7, 11) is 1.33. The molecule has 3 rings (SSSR count). The van der Waals surface area contributed by atoms with Crippen LogP contribution in [0.15, 0.2) is 11.6 Å². The first-order valence-electron chi connectivity index (χ1n) is 6.31. The zero-order valence-corrected chi connectivity index (χ0v) is 11.8. The Kier molecular flexibility index (Phi) is 3.31. The summed E-state index contributed by atoms with van der Waals surface area (Å²) in [6.07, 6.45) is 4.09. The van der Waals surface area contributed by atoms with Crippen molar-refractivity contribution < 1.29 is 9.53 Å². The van der Waals surface area contributed by atoms with E-state index >= 15 is 0 Å². The average Bonchev–Trinajstić information content (AvgIpc) is 3.00. The molecule has 106 valence electrons. The Balaban J connectivity index is 1.97. The number of carbonyl (C=O) groups excluding carboxylic acids is 1. The highest BCUT2D eigenvalue weighted by atomic mass is 32.1. The molecule has 0 atom stereocenters. The normalized spacial score (nSPS) is 14.2. The van der Waals surface area contributed by atoms with Crippen LogP contribution in [0.3, 0.4) is 0 Å². The van der Waals surface area contributed by atoms with Crippen LogP contribution in [0.1, 0.15) is 23.2 Å². The molecule has 0 unspecified atom stereocenters. The fraction of sp³-hybridized carbons (Fsp3) is 0.417. The number of nitrogen functional groups attached to an aromatic ring is 1. The van der Waals surface area contributed by atoms with E-state index in [1.807, 2.05) is 5.38 Å². The number of nitrogens with zero attached hydrogens (tertiary/aromatic N) is 3. The monoisotopic (exact) mass is 293 g/mol. The molecule has 1 aliphatic carbocycles. The molecule has 0 aromatic carbocycles. The predicted octanol–water partition coefficient (Wildman–Crippen LogP) is 1.52. The third-order valence-corrected chi connectivity index (χ3v) is 3.91. The van der Waals surface area contributed by atoms with Crippen LogP contribution >= 0.6 is 11.3 Å². The molecule has 2 aromatic heterocycles. The number of nitrogens with two attached hydrogens (primary N) is 1. The number of hydrogen-bond acceptors (Lipinski definition) is 7. The van der Waals surface area contributed by atoms with E-state index in [-0.39, 0.29) is 11.4 Å². The van der Waals surface area contributed by atoms with Gasteiger partial charge in [0.25, 0.3) is 0 Å². The van der Waals surface area contributed by atoms with Gasteiger partial charge in [-0.25, -0.2) is 9.78 Å². The third kappa shape index (κ3) is 2.34. The van der Waals surface area contributed by atoms with E-state index in [1.165, 1.54) is 36.0 Å². The molecule has 0 amide bonds. The largest absolute Gasteiger partial charge is 0.465 e. The number of anilines is 2. The minimum Gasteiger partial charge on any atom is -0.465 e. The molecule has 1 aliphatic rings. The highest BCUT2D eigenvalue weighted by Gasteiger charge is 2.27.